The fourth-order valence-electron chi connectivity index (χ4n) is 2.13. The fraction of sp³-hybridized carbons (Fsp3) is 0.0667. The van der Waals surface area contributed by atoms with Crippen molar-refractivity contribution in [1.29, 1.82) is 0 Å². The summed E-state index contributed by atoms with van der Waals surface area (Å²) in [6, 6.07) is 8.53. The summed E-state index contributed by atoms with van der Waals surface area (Å²) in [4.78, 5) is 3.17. The highest BCUT2D eigenvalue weighted by Crippen LogP contribution is 2.34. The smallest absolute Gasteiger partial charge is 0.278 e. The average molecular weight is 368 g/mol. The molecule has 0 amide bonds. The van der Waals surface area contributed by atoms with Crippen LogP contribution in [0.25, 0.3) is 5.82 Å². The molecule has 0 saturated carbocycles. The first-order chi connectivity index (χ1) is 11.8. The van der Waals surface area contributed by atoms with Gasteiger partial charge < -0.3 is 0 Å². The van der Waals surface area contributed by atoms with E-state index in [0.717, 1.165) is 12.1 Å². The van der Waals surface area contributed by atoms with Crippen LogP contribution in [0.1, 0.15) is 5.56 Å². The number of rotatable bonds is 4. The Morgan fingerprint density at radius 2 is 1.80 bits per heavy atom. The number of nitrogens with zero attached hydrogens (tertiary/aromatic N) is 3. The van der Waals surface area contributed by atoms with E-state index < -0.39 is 26.7 Å². The van der Waals surface area contributed by atoms with Crippen molar-refractivity contribution in [3.8, 4) is 5.82 Å². The number of aromatic nitrogens is 3. The molecule has 0 radical (unpaired) electrons. The molecule has 3 rings (SSSR count). The molecule has 0 unspecified atom stereocenters. The number of pyridine rings is 1. The predicted octanol–water partition coefficient (Wildman–Crippen LogP) is 3.09. The molecule has 0 fully saturated rings. The highest BCUT2D eigenvalue weighted by atomic mass is 32.2. The summed E-state index contributed by atoms with van der Waals surface area (Å²) in [6.45, 7) is 0. The average Bonchev–Trinajstić information content (AvgIpc) is 3.09. The van der Waals surface area contributed by atoms with Crippen LogP contribution in [-0.4, -0.2) is 23.2 Å². The first-order valence-electron chi connectivity index (χ1n) is 6.92. The van der Waals surface area contributed by atoms with Gasteiger partial charge in [-0.25, -0.2) is 18.1 Å². The lowest BCUT2D eigenvalue weighted by molar-refractivity contribution is -0.139. The maximum absolute atomic E-state index is 13.0. The first kappa shape index (κ1) is 17.0. The number of halogens is 3. The van der Waals surface area contributed by atoms with Crippen LogP contribution in [-0.2, 0) is 16.2 Å². The van der Waals surface area contributed by atoms with Crippen LogP contribution in [0.5, 0.6) is 0 Å². The third kappa shape index (κ3) is 3.63. The van der Waals surface area contributed by atoms with Crippen LogP contribution in [0, 0.1) is 0 Å². The van der Waals surface area contributed by atoms with Crippen LogP contribution in [0.2, 0.25) is 0 Å². The summed E-state index contributed by atoms with van der Waals surface area (Å²) in [5.74, 6) is 0.434. The Morgan fingerprint density at radius 3 is 2.40 bits per heavy atom. The van der Waals surface area contributed by atoms with Crippen molar-refractivity contribution in [3.05, 3.63) is 66.6 Å². The monoisotopic (exact) mass is 368 g/mol. The third-order valence-electron chi connectivity index (χ3n) is 3.22. The second kappa shape index (κ2) is 6.20. The highest BCUT2D eigenvalue weighted by molar-refractivity contribution is 7.92. The van der Waals surface area contributed by atoms with Gasteiger partial charge in [0.25, 0.3) is 10.0 Å². The number of anilines is 1. The molecule has 2 aromatic heterocycles. The van der Waals surface area contributed by atoms with Crippen LogP contribution in [0.3, 0.4) is 0 Å². The van der Waals surface area contributed by atoms with Gasteiger partial charge in [-0.3, -0.25) is 4.72 Å². The Morgan fingerprint density at radius 1 is 1.04 bits per heavy atom. The number of nitrogens with one attached hydrogen (secondary N) is 1. The minimum absolute atomic E-state index is 0.0351. The third-order valence-corrected chi connectivity index (χ3v) is 4.66. The van der Waals surface area contributed by atoms with E-state index in [0.29, 0.717) is 11.9 Å². The van der Waals surface area contributed by atoms with Crippen molar-refractivity contribution in [1.82, 2.24) is 14.8 Å². The van der Waals surface area contributed by atoms with Crippen LogP contribution >= 0.6 is 0 Å². The molecule has 0 atom stereocenters. The zero-order valence-electron chi connectivity index (χ0n) is 12.5. The van der Waals surface area contributed by atoms with Gasteiger partial charge in [0.2, 0.25) is 0 Å². The van der Waals surface area contributed by atoms with E-state index >= 15 is 0 Å². The number of alkyl halides is 3. The minimum atomic E-state index is -4.78. The number of hydrogen-bond donors (Lipinski definition) is 1. The lowest BCUT2D eigenvalue weighted by atomic mass is 10.2. The Balaban J connectivity index is 1.90. The molecule has 0 aliphatic heterocycles. The second-order valence-corrected chi connectivity index (χ2v) is 6.61. The van der Waals surface area contributed by atoms with Gasteiger partial charge in [0.05, 0.1) is 22.3 Å². The fourth-order valence-corrected chi connectivity index (χ4v) is 3.40. The lowest BCUT2D eigenvalue weighted by Crippen LogP contribution is -2.19. The predicted molar refractivity (Wildman–Crippen MR) is 83.6 cm³/mol. The lowest BCUT2D eigenvalue weighted by Gasteiger charge is -2.14. The number of benzene rings is 1. The normalized spacial score (nSPS) is 12.1. The Hall–Kier alpha value is -2.88. The Kier molecular flexibility index (Phi) is 4.21. The van der Waals surface area contributed by atoms with E-state index in [2.05, 4.69) is 14.8 Å². The van der Waals surface area contributed by atoms with E-state index in [4.69, 9.17) is 0 Å². The highest BCUT2D eigenvalue weighted by Gasteiger charge is 2.36. The van der Waals surface area contributed by atoms with E-state index in [-0.39, 0.29) is 5.69 Å². The van der Waals surface area contributed by atoms with Crippen molar-refractivity contribution in [3.63, 3.8) is 0 Å². The van der Waals surface area contributed by atoms with Crippen molar-refractivity contribution in [2.45, 2.75) is 11.1 Å². The van der Waals surface area contributed by atoms with E-state index in [9.17, 15) is 21.6 Å². The largest absolute Gasteiger partial charge is 0.417 e. The summed E-state index contributed by atoms with van der Waals surface area (Å²) in [6.07, 6.45) is -0.392. The molecule has 25 heavy (non-hydrogen) atoms. The number of sulfonamides is 1. The van der Waals surface area contributed by atoms with Gasteiger partial charge in [-0.05, 0) is 30.3 Å². The second-order valence-electron chi connectivity index (χ2n) is 4.96. The molecular formula is C15H11F3N4O2S. The van der Waals surface area contributed by atoms with Gasteiger partial charge in [0.1, 0.15) is 0 Å². The maximum Gasteiger partial charge on any atom is 0.417 e. The molecule has 10 heteroatoms. The van der Waals surface area contributed by atoms with Crippen molar-refractivity contribution < 1.29 is 21.6 Å². The van der Waals surface area contributed by atoms with Crippen molar-refractivity contribution >= 4 is 15.7 Å². The molecular weight excluding hydrogens is 357 g/mol. The van der Waals surface area contributed by atoms with Gasteiger partial charge in [-0.2, -0.15) is 18.3 Å². The molecule has 1 aromatic carbocycles. The minimum Gasteiger partial charge on any atom is -0.278 e. The molecule has 1 N–H and O–H groups in total. The number of hydrogen-bond acceptors (Lipinski definition) is 4. The zero-order valence-corrected chi connectivity index (χ0v) is 13.3. The summed E-state index contributed by atoms with van der Waals surface area (Å²) in [7, 11) is -4.43. The van der Waals surface area contributed by atoms with E-state index in [1.807, 2.05) is 0 Å². The van der Waals surface area contributed by atoms with Crippen molar-refractivity contribution in [2.75, 3.05) is 4.72 Å². The molecule has 6 nitrogen and oxygen atoms in total. The van der Waals surface area contributed by atoms with E-state index in [1.54, 1.807) is 18.5 Å². The SMILES string of the molecule is O=S(=O)(Nc1ccc(-n2cccn2)nc1)c1ccccc1C(F)(F)F. The molecule has 0 saturated heterocycles. The molecule has 0 bridgehead atoms. The molecule has 0 aliphatic rings. The molecule has 0 spiro atoms. The van der Waals surface area contributed by atoms with Gasteiger partial charge in [-0.1, -0.05) is 12.1 Å². The summed E-state index contributed by atoms with van der Waals surface area (Å²) in [5, 5.41) is 3.97. The first-order valence-corrected chi connectivity index (χ1v) is 8.41. The quantitative estimate of drug-likeness (QED) is 0.768. The summed E-state index contributed by atoms with van der Waals surface area (Å²) < 4.78 is 67.2. The van der Waals surface area contributed by atoms with Crippen LogP contribution in [0.15, 0.2) is 66.0 Å². The Bertz CT molecular complexity index is 969. The standard InChI is InChI=1S/C15H11F3N4O2S/c16-15(17,18)12-4-1-2-5-13(12)25(23,24)21-11-6-7-14(19-10-11)22-9-3-8-20-22/h1-10,21H. The zero-order chi connectivity index (χ0) is 18.1. The van der Waals surface area contributed by atoms with Gasteiger partial charge in [0.15, 0.2) is 5.82 Å². The van der Waals surface area contributed by atoms with Crippen LogP contribution in [0.4, 0.5) is 18.9 Å². The van der Waals surface area contributed by atoms with Gasteiger partial charge >= 0.3 is 6.18 Å². The summed E-state index contributed by atoms with van der Waals surface area (Å²) in [5.41, 5.74) is -1.20. The molecule has 3 aromatic rings. The van der Waals surface area contributed by atoms with Crippen molar-refractivity contribution in [2.24, 2.45) is 0 Å². The maximum atomic E-state index is 13.0. The Labute approximate surface area is 141 Å². The van der Waals surface area contributed by atoms with Crippen LogP contribution < -0.4 is 4.72 Å². The van der Waals surface area contributed by atoms with Gasteiger partial charge in [-0.15, -0.1) is 0 Å². The molecule has 0 aliphatic carbocycles. The van der Waals surface area contributed by atoms with E-state index in [1.165, 1.54) is 29.1 Å². The molecule has 130 valence electrons. The summed E-state index contributed by atoms with van der Waals surface area (Å²) >= 11 is 0. The topological polar surface area (TPSA) is 76.9 Å². The molecule has 2 heterocycles. The van der Waals surface area contributed by atoms with Gasteiger partial charge in [0, 0.05) is 12.4 Å².